The zero-order chi connectivity index (χ0) is 13.7. The van der Waals surface area contributed by atoms with E-state index < -0.39 is 0 Å². The highest BCUT2D eigenvalue weighted by Crippen LogP contribution is 2.31. The van der Waals surface area contributed by atoms with Crippen LogP contribution in [0.3, 0.4) is 0 Å². The first kappa shape index (κ1) is 15.1. The third-order valence-electron chi connectivity index (χ3n) is 3.56. The average molecular weight is 302 g/mol. The van der Waals surface area contributed by atoms with Gasteiger partial charge in [0.25, 0.3) is 0 Å². The van der Waals surface area contributed by atoms with E-state index >= 15 is 0 Å². The van der Waals surface area contributed by atoms with Crippen molar-refractivity contribution < 1.29 is 4.39 Å². The van der Waals surface area contributed by atoms with Crippen LogP contribution in [0.25, 0.3) is 0 Å². The molecule has 1 heterocycles. The molecular formula is C15H21ClFNS. The van der Waals surface area contributed by atoms with E-state index in [9.17, 15) is 4.39 Å². The second-order valence-electron chi connectivity index (χ2n) is 5.02. The predicted molar refractivity (Wildman–Crippen MR) is 82.7 cm³/mol. The summed E-state index contributed by atoms with van der Waals surface area (Å²) in [5.74, 6) is 1.04. The summed E-state index contributed by atoms with van der Waals surface area (Å²) in [6.07, 6.45) is 4.27. The predicted octanol–water partition coefficient (Wildman–Crippen LogP) is 4.29. The maximum atomic E-state index is 13.9. The lowest BCUT2D eigenvalue weighted by Gasteiger charge is -2.25. The van der Waals surface area contributed by atoms with Crippen LogP contribution in [0.15, 0.2) is 18.2 Å². The minimum absolute atomic E-state index is 0.182. The van der Waals surface area contributed by atoms with E-state index in [0.29, 0.717) is 28.3 Å². The van der Waals surface area contributed by atoms with Gasteiger partial charge in [-0.15, -0.1) is 0 Å². The summed E-state index contributed by atoms with van der Waals surface area (Å²) in [5.41, 5.74) is 0.658. The smallest absolute Gasteiger partial charge is 0.127 e. The molecule has 1 aromatic carbocycles. The molecule has 0 saturated carbocycles. The lowest BCUT2D eigenvalue weighted by molar-refractivity contribution is 0.472. The van der Waals surface area contributed by atoms with Crippen LogP contribution >= 0.6 is 23.4 Å². The second-order valence-corrected chi connectivity index (χ2v) is 6.77. The average Bonchev–Trinajstić information content (AvgIpc) is 2.91. The highest BCUT2D eigenvalue weighted by atomic mass is 35.5. The van der Waals surface area contributed by atoms with Crippen LogP contribution in [0.4, 0.5) is 4.39 Å². The number of rotatable bonds is 6. The minimum Gasteiger partial charge on any atom is -0.313 e. The third kappa shape index (κ3) is 4.11. The molecule has 1 nitrogen and oxygen atoms in total. The van der Waals surface area contributed by atoms with Crippen molar-refractivity contribution in [1.29, 1.82) is 0 Å². The Bertz CT molecular complexity index is 387. The molecule has 1 saturated heterocycles. The Hall–Kier alpha value is -0.250. The molecule has 2 rings (SSSR count). The Morgan fingerprint density at radius 1 is 1.53 bits per heavy atom. The first-order chi connectivity index (χ1) is 9.22. The summed E-state index contributed by atoms with van der Waals surface area (Å²) < 4.78 is 13.9. The highest BCUT2D eigenvalue weighted by Gasteiger charge is 2.26. The van der Waals surface area contributed by atoms with Crippen LogP contribution < -0.4 is 5.32 Å². The summed E-state index contributed by atoms with van der Waals surface area (Å²) in [6.45, 7) is 3.13. The van der Waals surface area contributed by atoms with Crippen molar-refractivity contribution in [2.24, 2.45) is 0 Å². The highest BCUT2D eigenvalue weighted by molar-refractivity contribution is 8.00. The number of halogens is 2. The molecule has 0 spiro atoms. The lowest BCUT2D eigenvalue weighted by atomic mass is 10.00. The zero-order valence-electron chi connectivity index (χ0n) is 11.3. The Balaban J connectivity index is 2.10. The zero-order valence-corrected chi connectivity index (χ0v) is 12.9. The van der Waals surface area contributed by atoms with Crippen LogP contribution in [0.1, 0.15) is 31.7 Å². The second kappa shape index (κ2) is 7.51. The van der Waals surface area contributed by atoms with E-state index in [2.05, 4.69) is 12.2 Å². The summed E-state index contributed by atoms with van der Waals surface area (Å²) in [5, 5.41) is 4.70. The van der Waals surface area contributed by atoms with E-state index in [1.165, 1.54) is 24.7 Å². The summed E-state index contributed by atoms with van der Waals surface area (Å²) in [7, 11) is 0. The molecule has 19 heavy (non-hydrogen) atoms. The third-order valence-corrected chi connectivity index (χ3v) is 5.43. The van der Waals surface area contributed by atoms with Gasteiger partial charge in [0, 0.05) is 21.9 Å². The van der Waals surface area contributed by atoms with Gasteiger partial charge in [-0.2, -0.15) is 11.8 Å². The van der Waals surface area contributed by atoms with Crippen molar-refractivity contribution in [3.05, 3.63) is 34.6 Å². The Labute approximate surface area is 124 Å². The molecule has 0 bridgehead atoms. The van der Waals surface area contributed by atoms with Gasteiger partial charge in [0.15, 0.2) is 0 Å². The van der Waals surface area contributed by atoms with Gasteiger partial charge in [-0.1, -0.05) is 24.6 Å². The van der Waals surface area contributed by atoms with Gasteiger partial charge >= 0.3 is 0 Å². The van der Waals surface area contributed by atoms with Crippen LogP contribution in [-0.4, -0.2) is 23.6 Å². The molecule has 4 heteroatoms. The molecular weight excluding hydrogens is 281 g/mol. The largest absolute Gasteiger partial charge is 0.313 e. The number of nitrogens with one attached hydrogen (secondary N) is 1. The molecule has 0 amide bonds. The number of hydrogen-bond acceptors (Lipinski definition) is 2. The van der Waals surface area contributed by atoms with Gasteiger partial charge < -0.3 is 5.32 Å². The first-order valence-corrected chi connectivity index (χ1v) is 8.43. The number of benzene rings is 1. The normalized spacial score (nSPS) is 20.7. The summed E-state index contributed by atoms with van der Waals surface area (Å²) in [4.78, 5) is 0. The Morgan fingerprint density at radius 2 is 2.37 bits per heavy atom. The standard InChI is InChI=1S/C15H21ClFNS/c1-2-8-18-14(15-7-4-9-19-15)10-11-12(16)5-3-6-13(11)17/h3,5-6,14-15,18H,2,4,7-10H2,1H3. The van der Waals surface area contributed by atoms with Crippen LogP contribution in [-0.2, 0) is 6.42 Å². The van der Waals surface area contributed by atoms with Crippen molar-refractivity contribution in [3.63, 3.8) is 0 Å². The molecule has 2 atom stereocenters. The topological polar surface area (TPSA) is 12.0 Å². The van der Waals surface area contributed by atoms with E-state index in [1.807, 2.05) is 11.8 Å². The fourth-order valence-corrected chi connectivity index (χ4v) is 4.17. The van der Waals surface area contributed by atoms with E-state index in [-0.39, 0.29) is 5.82 Å². The van der Waals surface area contributed by atoms with Crippen LogP contribution in [0.2, 0.25) is 5.02 Å². The molecule has 0 radical (unpaired) electrons. The number of thioether (sulfide) groups is 1. The fourth-order valence-electron chi connectivity index (χ4n) is 2.53. The van der Waals surface area contributed by atoms with Gasteiger partial charge in [-0.3, -0.25) is 0 Å². The molecule has 2 unspecified atom stereocenters. The van der Waals surface area contributed by atoms with Gasteiger partial charge in [0.1, 0.15) is 5.82 Å². The van der Waals surface area contributed by atoms with Crippen molar-refractivity contribution in [3.8, 4) is 0 Å². The molecule has 1 aliphatic heterocycles. The monoisotopic (exact) mass is 301 g/mol. The van der Waals surface area contributed by atoms with Gasteiger partial charge in [0.05, 0.1) is 0 Å². The Morgan fingerprint density at radius 3 is 3.00 bits per heavy atom. The van der Waals surface area contributed by atoms with Gasteiger partial charge in [-0.05, 0) is 50.1 Å². The summed E-state index contributed by atoms with van der Waals surface area (Å²) >= 11 is 8.14. The Kier molecular flexibility index (Phi) is 5.99. The maximum absolute atomic E-state index is 13.9. The molecule has 1 aromatic rings. The van der Waals surface area contributed by atoms with E-state index in [4.69, 9.17) is 11.6 Å². The molecule has 106 valence electrons. The van der Waals surface area contributed by atoms with Crippen molar-refractivity contribution in [2.45, 2.75) is 43.9 Å². The lowest BCUT2D eigenvalue weighted by Crippen LogP contribution is -2.39. The van der Waals surface area contributed by atoms with Gasteiger partial charge in [0.2, 0.25) is 0 Å². The number of hydrogen-bond donors (Lipinski definition) is 1. The van der Waals surface area contributed by atoms with Gasteiger partial charge in [-0.25, -0.2) is 4.39 Å². The van der Waals surface area contributed by atoms with E-state index in [1.54, 1.807) is 12.1 Å². The molecule has 1 aliphatic rings. The minimum atomic E-state index is -0.182. The van der Waals surface area contributed by atoms with E-state index in [0.717, 1.165) is 13.0 Å². The van der Waals surface area contributed by atoms with Crippen LogP contribution in [0, 0.1) is 5.82 Å². The van der Waals surface area contributed by atoms with Crippen LogP contribution in [0.5, 0.6) is 0 Å². The van der Waals surface area contributed by atoms with Crippen molar-refractivity contribution in [2.75, 3.05) is 12.3 Å². The molecule has 0 aliphatic carbocycles. The first-order valence-electron chi connectivity index (χ1n) is 7.00. The van der Waals surface area contributed by atoms with Crippen molar-refractivity contribution >= 4 is 23.4 Å². The maximum Gasteiger partial charge on any atom is 0.127 e. The fraction of sp³-hybridized carbons (Fsp3) is 0.600. The SMILES string of the molecule is CCCNC(Cc1c(F)cccc1Cl)C1CCCS1. The molecule has 1 fully saturated rings. The van der Waals surface area contributed by atoms with Crippen molar-refractivity contribution in [1.82, 2.24) is 5.32 Å². The summed E-state index contributed by atoms with van der Waals surface area (Å²) in [6, 6.07) is 5.26. The molecule has 0 aromatic heterocycles. The molecule has 1 N–H and O–H groups in total. The quantitative estimate of drug-likeness (QED) is 0.841.